The van der Waals surface area contributed by atoms with Gasteiger partial charge >= 0.3 is 0 Å². The molecule has 0 bridgehead atoms. The predicted molar refractivity (Wildman–Crippen MR) is 135 cm³/mol. The van der Waals surface area contributed by atoms with Crippen molar-refractivity contribution in [2.24, 2.45) is 10.1 Å². The zero-order chi connectivity index (χ0) is 24.1. The molecular weight excluding hydrogens is 476 g/mol. The van der Waals surface area contributed by atoms with Gasteiger partial charge in [0.15, 0.2) is 17.3 Å². The van der Waals surface area contributed by atoms with Gasteiger partial charge in [-0.3, -0.25) is 10.2 Å². The highest BCUT2D eigenvalue weighted by Gasteiger charge is 2.35. The molecule has 2 aromatic rings. The van der Waals surface area contributed by atoms with Crippen LogP contribution in [0.5, 0.6) is 17.2 Å². The van der Waals surface area contributed by atoms with Crippen molar-refractivity contribution in [3.05, 3.63) is 58.6 Å². The summed E-state index contributed by atoms with van der Waals surface area (Å²) < 4.78 is 17.2. The summed E-state index contributed by atoms with van der Waals surface area (Å²) >= 11 is 7.81. The van der Waals surface area contributed by atoms with E-state index in [2.05, 4.69) is 10.1 Å². The van der Waals surface area contributed by atoms with Crippen molar-refractivity contribution >= 4 is 51.4 Å². The van der Waals surface area contributed by atoms with Crippen molar-refractivity contribution in [1.29, 1.82) is 5.41 Å². The fraction of sp³-hybridized carbons (Fsp3) is 0.250. The Morgan fingerprint density at radius 2 is 1.88 bits per heavy atom. The number of thioether (sulfide) groups is 1. The van der Waals surface area contributed by atoms with Crippen LogP contribution in [0.25, 0.3) is 6.08 Å². The van der Waals surface area contributed by atoms with E-state index >= 15 is 0 Å². The van der Waals surface area contributed by atoms with Gasteiger partial charge in [0.2, 0.25) is 5.17 Å². The minimum atomic E-state index is -0.497. The molecule has 2 aliphatic rings. The molecule has 10 heteroatoms. The topological polar surface area (TPSA) is 96.6 Å². The zero-order valence-electron chi connectivity index (χ0n) is 18.7. The standard InChI is InChI=1S/C24H23ClN4O4S/c1-3-20-28-29-22(26)17(23(30)27-24(29)34-20)12-15-13-18(25)21(19(14-15)31-4-2)33-11-10-32-16-8-6-5-7-9-16/h5-9,12-14,26H,3-4,10-11H2,1-2H3/b17-12-,26-22?. The molecule has 34 heavy (non-hydrogen) atoms. The van der Waals surface area contributed by atoms with E-state index in [-0.39, 0.29) is 18.0 Å². The second kappa shape index (κ2) is 10.8. The SMILES string of the molecule is CCOc1cc(/C=C2/C(=N)N3N=C(CC)SC3=NC2=O)cc(Cl)c1OCCOc1ccccc1. The van der Waals surface area contributed by atoms with Crippen molar-refractivity contribution in [3.8, 4) is 17.2 Å². The van der Waals surface area contributed by atoms with E-state index in [0.717, 1.165) is 10.8 Å². The molecule has 0 spiro atoms. The third-order valence-corrected chi connectivity index (χ3v) is 6.12. The fourth-order valence-electron chi connectivity index (χ4n) is 3.24. The van der Waals surface area contributed by atoms with Crippen molar-refractivity contribution in [3.63, 3.8) is 0 Å². The maximum absolute atomic E-state index is 12.6. The van der Waals surface area contributed by atoms with Gasteiger partial charge in [0.25, 0.3) is 5.91 Å². The van der Waals surface area contributed by atoms with E-state index in [1.165, 1.54) is 16.8 Å². The molecule has 0 aliphatic carbocycles. The summed E-state index contributed by atoms with van der Waals surface area (Å²) in [4.78, 5) is 16.7. The maximum Gasteiger partial charge on any atom is 0.283 e. The van der Waals surface area contributed by atoms with Crippen molar-refractivity contribution in [2.75, 3.05) is 19.8 Å². The Morgan fingerprint density at radius 3 is 2.62 bits per heavy atom. The Labute approximate surface area is 206 Å². The monoisotopic (exact) mass is 498 g/mol. The summed E-state index contributed by atoms with van der Waals surface area (Å²) in [5, 5.41) is 15.7. The van der Waals surface area contributed by atoms with Crippen molar-refractivity contribution in [2.45, 2.75) is 20.3 Å². The molecule has 8 nitrogen and oxygen atoms in total. The van der Waals surface area contributed by atoms with Gasteiger partial charge in [-0.25, -0.2) is 0 Å². The molecule has 4 rings (SSSR count). The molecule has 1 N–H and O–H groups in total. The molecule has 0 radical (unpaired) electrons. The number of ether oxygens (including phenoxy) is 3. The number of halogens is 1. The van der Waals surface area contributed by atoms with Crippen LogP contribution in [0.4, 0.5) is 0 Å². The van der Waals surface area contributed by atoms with Crippen LogP contribution < -0.4 is 14.2 Å². The highest BCUT2D eigenvalue weighted by Crippen LogP contribution is 2.38. The molecule has 0 saturated heterocycles. The van der Waals surface area contributed by atoms with Crippen LogP contribution >= 0.6 is 23.4 Å². The normalized spacial score (nSPS) is 16.3. The highest BCUT2D eigenvalue weighted by atomic mass is 35.5. The first-order valence-electron chi connectivity index (χ1n) is 10.8. The second-order valence-electron chi connectivity index (χ2n) is 7.14. The lowest BCUT2D eigenvalue weighted by Gasteiger charge is -2.20. The molecule has 2 heterocycles. The average Bonchev–Trinajstić information content (AvgIpc) is 3.25. The van der Waals surface area contributed by atoms with Gasteiger partial charge in [-0.15, -0.1) is 0 Å². The van der Waals surface area contributed by atoms with Crippen LogP contribution in [0.2, 0.25) is 5.02 Å². The van der Waals surface area contributed by atoms with Gasteiger partial charge in [0.05, 0.1) is 17.2 Å². The number of carbonyl (C=O) groups is 1. The first kappa shape index (κ1) is 23.8. The molecule has 0 fully saturated rings. The Kier molecular flexibility index (Phi) is 7.54. The van der Waals surface area contributed by atoms with Gasteiger partial charge < -0.3 is 14.2 Å². The van der Waals surface area contributed by atoms with E-state index in [9.17, 15) is 4.79 Å². The minimum absolute atomic E-state index is 0.0292. The molecule has 176 valence electrons. The number of aliphatic imine (C=N–C) groups is 1. The third-order valence-electron chi connectivity index (χ3n) is 4.78. The third kappa shape index (κ3) is 5.26. The Balaban J connectivity index is 1.53. The second-order valence-corrected chi connectivity index (χ2v) is 8.59. The van der Waals surface area contributed by atoms with Crippen molar-refractivity contribution in [1.82, 2.24) is 5.01 Å². The molecule has 1 amide bonds. The van der Waals surface area contributed by atoms with Gasteiger partial charge in [0.1, 0.15) is 24.0 Å². The smallest absolute Gasteiger partial charge is 0.283 e. The van der Waals surface area contributed by atoms with Crippen LogP contribution in [0, 0.1) is 5.41 Å². The van der Waals surface area contributed by atoms with Gasteiger partial charge in [-0.05, 0) is 61.0 Å². The number of amidine groups is 2. The van der Waals surface area contributed by atoms with Crippen LogP contribution in [0.15, 0.2) is 58.1 Å². The predicted octanol–water partition coefficient (Wildman–Crippen LogP) is 5.23. The summed E-state index contributed by atoms with van der Waals surface area (Å²) in [5.74, 6) is 1.05. The minimum Gasteiger partial charge on any atom is -0.490 e. The number of para-hydroxylation sites is 1. The fourth-order valence-corrected chi connectivity index (χ4v) is 4.33. The molecule has 2 aliphatic heterocycles. The van der Waals surface area contributed by atoms with E-state index in [1.54, 1.807) is 18.2 Å². The first-order valence-corrected chi connectivity index (χ1v) is 12.0. The van der Waals surface area contributed by atoms with E-state index in [1.807, 2.05) is 44.2 Å². The number of benzene rings is 2. The molecule has 2 aromatic carbocycles. The van der Waals surface area contributed by atoms with Crippen molar-refractivity contribution < 1.29 is 19.0 Å². The van der Waals surface area contributed by atoms with E-state index in [4.69, 9.17) is 31.2 Å². The van der Waals surface area contributed by atoms with Crippen LogP contribution in [-0.4, -0.2) is 46.8 Å². The van der Waals surface area contributed by atoms with E-state index < -0.39 is 5.91 Å². The van der Waals surface area contributed by atoms with Gasteiger partial charge in [0, 0.05) is 0 Å². The number of hydrazone groups is 1. The maximum atomic E-state index is 12.6. The number of rotatable bonds is 9. The molecular formula is C24H23ClN4O4S. The zero-order valence-corrected chi connectivity index (χ0v) is 20.3. The Hall–Kier alpha value is -3.30. The number of nitrogens with zero attached hydrogens (tertiary/aromatic N) is 3. The average molecular weight is 499 g/mol. The number of hydrogen-bond donors (Lipinski definition) is 1. The summed E-state index contributed by atoms with van der Waals surface area (Å²) in [6, 6.07) is 12.8. The number of carbonyl (C=O) groups excluding carboxylic acids is 1. The lowest BCUT2D eigenvalue weighted by molar-refractivity contribution is -0.114. The summed E-state index contributed by atoms with van der Waals surface area (Å²) in [6.07, 6.45) is 2.26. The van der Waals surface area contributed by atoms with Crippen LogP contribution in [0.3, 0.4) is 0 Å². The summed E-state index contributed by atoms with van der Waals surface area (Å²) in [7, 11) is 0. The molecule has 0 aromatic heterocycles. The largest absolute Gasteiger partial charge is 0.490 e. The van der Waals surface area contributed by atoms with Gasteiger partial charge in [-0.1, -0.05) is 36.7 Å². The molecule has 0 saturated carbocycles. The number of nitrogens with one attached hydrogen (secondary N) is 1. The Bertz CT molecular complexity index is 1200. The van der Waals surface area contributed by atoms with Crippen LogP contribution in [0.1, 0.15) is 25.8 Å². The number of hydrogen-bond acceptors (Lipinski definition) is 7. The number of amides is 1. The lowest BCUT2D eigenvalue weighted by atomic mass is 10.1. The lowest BCUT2D eigenvalue weighted by Crippen LogP contribution is -2.35. The highest BCUT2D eigenvalue weighted by molar-refractivity contribution is 8.26. The van der Waals surface area contributed by atoms with E-state index in [0.29, 0.717) is 46.9 Å². The first-order chi connectivity index (χ1) is 16.5. The summed E-state index contributed by atoms with van der Waals surface area (Å²) in [6.45, 7) is 4.81. The molecule has 0 unspecified atom stereocenters. The quantitative estimate of drug-likeness (QED) is 0.376. The number of fused-ring (bicyclic) bond motifs is 1. The summed E-state index contributed by atoms with van der Waals surface area (Å²) in [5.41, 5.74) is 0.702. The van der Waals surface area contributed by atoms with Gasteiger partial charge in [-0.2, -0.15) is 15.1 Å². The Morgan fingerprint density at radius 1 is 1.12 bits per heavy atom. The van der Waals surface area contributed by atoms with Crippen LogP contribution in [-0.2, 0) is 4.79 Å². The molecule has 0 atom stereocenters.